The summed E-state index contributed by atoms with van der Waals surface area (Å²) in [6.45, 7) is 4.55. The lowest BCUT2D eigenvalue weighted by molar-refractivity contribution is 0.0246. The molecule has 1 nitrogen and oxygen atoms in total. The largest absolute Gasteiger partial charge is 0.316 e. The first kappa shape index (κ1) is 14.2. The molecule has 1 aromatic carbocycles. The molecule has 2 atom stereocenters. The van der Waals surface area contributed by atoms with Crippen LogP contribution in [0.25, 0.3) is 0 Å². The molecule has 0 radical (unpaired) electrons. The summed E-state index contributed by atoms with van der Waals surface area (Å²) in [6.07, 6.45) is 3.49. The molecule has 0 heterocycles. The molecule has 2 unspecified atom stereocenters. The molecule has 0 aliphatic heterocycles. The van der Waals surface area contributed by atoms with Gasteiger partial charge in [0.05, 0.1) is 0 Å². The zero-order valence-corrected chi connectivity index (χ0v) is 12.8. The van der Waals surface area contributed by atoms with Crippen molar-refractivity contribution in [1.29, 1.82) is 0 Å². The Labute approximate surface area is 120 Å². The molecule has 1 aliphatic carbocycles. The minimum Gasteiger partial charge on any atom is -0.316 e. The smallest absolute Gasteiger partial charge is 0.0442 e. The van der Waals surface area contributed by atoms with Crippen molar-refractivity contribution in [2.45, 2.75) is 45.1 Å². The van der Waals surface area contributed by atoms with Gasteiger partial charge in [0, 0.05) is 16.1 Å². The van der Waals surface area contributed by atoms with Gasteiger partial charge >= 0.3 is 0 Å². The fraction of sp³-hybridized carbons (Fsp3) is 0.600. The molecule has 1 aliphatic rings. The van der Waals surface area contributed by atoms with Gasteiger partial charge in [-0.3, -0.25) is 0 Å². The van der Waals surface area contributed by atoms with Gasteiger partial charge in [-0.1, -0.05) is 37.0 Å². The number of hydrogen-bond donors (Lipinski definition) is 1. The predicted octanol–water partition coefficient (Wildman–Crippen LogP) is 4.88. The molecule has 0 aromatic heterocycles. The quantitative estimate of drug-likeness (QED) is 0.832. The van der Waals surface area contributed by atoms with Crippen LogP contribution in [-0.4, -0.2) is 13.1 Å². The van der Waals surface area contributed by atoms with Gasteiger partial charge < -0.3 is 5.32 Å². The van der Waals surface area contributed by atoms with Crippen LogP contribution < -0.4 is 5.32 Å². The number of halogens is 2. The third-order valence-corrected chi connectivity index (χ3v) is 5.44. The van der Waals surface area contributed by atoms with Crippen LogP contribution in [0.2, 0.25) is 10.0 Å². The van der Waals surface area contributed by atoms with Gasteiger partial charge in [-0.15, -0.1) is 0 Å². The van der Waals surface area contributed by atoms with Crippen molar-refractivity contribution in [1.82, 2.24) is 5.32 Å². The third kappa shape index (κ3) is 2.07. The van der Waals surface area contributed by atoms with Gasteiger partial charge in [-0.2, -0.15) is 0 Å². The van der Waals surface area contributed by atoms with Crippen molar-refractivity contribution < 1.29 is 0 Å². The molecule has 1 fully saturated rings. The number of benzene rings is 1. The third-order valence-electron chi connectivity index (χ3n) is 4.86. The zero-order valence-electron chi connectivity index (χ0n) is 11.3. The molecule has 0 amide bonds. The summed E-state index contributed by atoms with van der Waals surface area (Å²) in [4.78, 5) is 0. The summed E-state index contributed by atoms with van der Waals surface area (Å²) in [5.41, 5.74) is 1.54. The maximum atomic E-state index is 6.36. The highest BCUT2D eigenvalue weighted by atomic mass is 35.5. The van der Waals surface area contributed by atoms with Gasteiger partial charge in [-0.25, -0.2) is 0 Å². The Morgan fingerprint density at radius 3 is 2.50 bits per heavy atom. The highest BCUT2D eigenvalue weighted by Crippen LogP contribution is 2.58. The van der Waals surface area contributed by atoms with Gasteiger partial charge in [0.15, 0.2) is 0 Å². The summed E-state index contributed by atoms with van der Waals surface area (Å²) >= 11 is 12.5. The standard InChI is InChI=1S/C15H21Cl2N/c1-4-15(5-2)12(9-14(15)18-3)11-8-10(16)6-7-13(11)17/h6-8,12,14,18H,4-5,9H2,1-3H3. The average Bonchev–Trinajstić information content (AvgIpc) is 2.35. The van der Waals surface area contributed by atoms with Gasteiger partial charge in [-0.05, 0) is 61.4 Å². The molecule has 0 bridgehead atoms. The van der Waals surface area contributed by atoms with Crippen LogP contribution in [0, 0.1) is 5.41 Å². The average molecular weight is 286 g/mol. The highest BCUT2D eigenvalue weighted by molar-refractivity contribution is 6.33. The Kier molecular flexibility index (Phi) is 4.25. The van der Waals surface area contributed by atoms with Crippen molar-refractivity contribution in [2.75, 3.05) is 7.05 Å². The van der Waals surface area contributed by atoms with E-state index < -0.39 is 0 Å². The second kappa shape index (κ2) is 5.40. The first-order valence-electron chi connectivity index (χ1n) is 6.71. The Hall–Kier alpha value is -0.240. The molecule has 1 saturated carbocycles. The lowest BCUT2D eigenvalue weighted by Gasteiger charge is -2.56. The Morgan fingerprint density at radius 2 is 1.94 bits per heavy atom. The second-order valence-electron chi connectivity index (χ2n) is 5.24. The molecule has 18 heavy (non-hydrogen) atoms. The zero-order chi connectivity index (χ0) is 13.3. The van der Waals surface area contributed by atoms with E-state index >= 15 is 0 Å². The van der Waals surface area contributed by atoms with Crippen LogP contribution in [-0.2, 0) is 0 Å². The van der Waals surface area contributed by atoms with E-state index in [0.717, 1.165) is 16.5 Å². The molecular formula is C15H21Cl2N. The van der Waals surface area contributed by atoms with Crippen LogP contribution in [0.4, 0.5) is 0 Å². The molecule has 2 rings (SSSR count). The van der Waals surface area contributed by atoms with Crippen molar-refractivity contribution in [3.8, 4) is 0 Å². The van der Waals surface area contributed by atoms with Crippen molar-refractivity contribution in [3.05, 3.63) is 33.8 Å². The first-order valence-corrected chi connectivity index (χ1v) is 7.46. The molecular weight excluding hydrogens is 265 g/mol. The van der Waals surface area contributed by atoms with E-state index in [1.165, 1.54) is 18.4 Å². The Balaban J connectivity index is 2.37. The van der Waals surface area contributed by atoms with Crippen molar-refractivity contribution in [3.63, 3.8) is 0 Å². The molecule has 0 saturated heterocycles. The monoisotopic (exact) mass is 285 g/mol. The van der Waals surface area contributed by atoms with E-state index in [-0.39, 0.29) is 0 Å². The minimum absolute atomic E-state index is 0.322. The Bertz CT molecular complexity index is 427. The Morgan fingerprint density at radius 1 is 1.28 bits per heavy atom. The fourth-order valence-electron chi connectivity index (χ4n) is 3.65. The van der Waals surface area contributed by atoms with E-state index in [0.29, 0.717) is 17.4 Å². The summed E-state index contributed by atoms with van der Waals surface area (Å²) in [5, 5.41) is 5.08. The van der Waals surface area contributed by atoms with Gasteiger partial charge in [0.2, 0.25) is 0 Å². The van der Waals surface area contributed by atoms with Crippen LogP contribution in [0.3, 0.4) is 0 Å². The van der Waals surface area contributed by atoms with E-state index in [2.05, 4.69) is 26.2 Å². The van der Waals surface area contributed by atoms with Crippen LogP contribution in [0.1, 0.15) is 44.6 Å². The van der Waals surface area contributed by atoms with Gasteiger partial charge in [0.1, 0.15) is 0 Å². The molecule has 0 spiro atoms. The van der Waals surface area contributed by atoms with Gasteiger partial charge in [0.25, 0.3) is 0 Å². The normalized spacial score (nSPS) is 25.8. The van der Waals surface area contributed by atoms with E-state index in [9.17, 15) is 0 Å². The lowest BCUT2D eigenvalue weighted by Crippen LogP contribution is -2.57. The second-order valence-corrected chi connectivity index (χ2v) is 6.08. The topological polar surface area (TPSA) is 12.0 Å². The maximum Gasteiger partial charge on any atom is 0.0442 e. The minimum atomic E-state index is 0.322. The number of hydrogen-bond acceptors (Lipinski definition) is 1. The maximum absolute atomic E-state index is 6.36. The first-order chi connectivity index (χ1) is 8.58. The summed E-state index contributed by atoms with van der Waals surface area (Å²) in [6, 6.07) is 6.41. The van der Waals surface area contributed by atoms with E-state index in [4.69, 9.17) is 23.2 Å². The summed E-state index contributed by atoms with van der Waals surface area (Å²) in [5.74, 6) is 0.524. The van der Waals surface area contributed by atoms with E-state index in [1.54, 1.807) is 0 Å². The van der Waals surface area contributed by atoms with Crippen molar-refractivity contribution >= 4 is 23.2 Å². The molecule has 1 N–H and O–H groups in total. The fourth-order valence-corrected chi connectivity index (χ4v) is 4.08. The van der Waals surface area contributed by atoms with Crippen molar-refractivity contribution in [2.24, 2.45) is 5.41 Å². The van der Waals surface area contributed by atoms with E-state index in [1.807, 2.05) is 18.2 Å². The highest BCUT2D eigenvalue weighted by Gasteiger charge is 2.52. The number of rotatable bonds is 4. The SMILES string of the molecule is CCC1(CC)C(NC)CC1c1cc(Cl)ccc1Cl. The molecule has 1 aromatic rings. The van der Waals surface area contributed by atoms with Crippen LogP contribution in [0.5, 0.6) is 0 Å². The predicted molar refractivity (Wildman–Crippen MR) is 79.7 cm³/mol. The lowest BCUT2D eigenvalue weighted by atomic mass is 9.52. The summed E-state index contributed by atoms with van der Waals surface area (Å²) in [7, 11) is 2.06. The molecule has 100 valence electrons. The molecule has 3 heteroatoms. The number of nitrogens with one attached hydrogen (secondary N) is 1. The summed E-state index contributed by atoms with van der Waals surface area (Å²) < 4.78 is 0. The van der Waals surface area contributed by atoms with Crippen LogP contribution >= 0.6 is 23.2 Å². The van der Waals surface area contributed by atoms with Crippen LogP contribution in [0.15, 0.2) is 18.2 Å².